The molecule has 6 nitrogen and oxygen atoms in total. The van der Waals surface area contributed by atoms with Crippen molar-refractivity contribution in [3.63, 3.8) is 0 Å². The maximum atomic E-state index is 13.4. The molecule has 0 bridgehead atoms. The Bertz CT molecular complexity index is 1210. The van der Waals surface area contributed by atoms with E-state index in [1.165, 1.54) is 12.1 Å². The summed E-state index contributed by atoms with van der Waals surface area (Å²) in [6, 6.07) is 9.72. The van der Waals surface area contributed by atoms with Gasteiger partial charge in [-0.3, -0.25) is 9.59 Å². The molecule has 0 atom stereocenters. The average Bonchev–Trinajstić information content (AvgIpc) is 3.15. The number of piperazine rings is 1. The molecule has 32 heavy (non-hydrogen) atoms. The lowest BCUT2D eigenvalue weighted by Crippen LogP contribution is -2.63. The molecule has 1 aliphatic rings. The highest BCUT2D eigenvalue weighted by Crippen LogP contribution is 2.35. The van der Waals surface area contributed by atoms with E-state index >= 15 is 0 Å². The number of rotatable bonds is 2. The number of carbonyl (C=O) groups is 2. The van der Waals surface area contributed by atoms with E-state index in [0.717, 1.165) is 11.1 Å². The third-order valence-corrected chi connectivity index (χ3v) is 6.09. The number of amides is 2. The monoisotopic (exact) mass is 437 g/mol. The van der Waals surface area contributed by atoms with Crippen LogP contribution in [0.4, 0.5) is 4.39 Å². The highest BCUT2D eigenvalue weighted by molar-refractivity contribution is 6.00. The van der Waals surface area contributed by atoms with Crippen LogP contribution >= 0.6 is 0 Å². The standard InChI is InChI=1S/C25H28FN3O3/c1-24(2,3)17-13-18(15-7-9-16(26)10-8-15)27-19-14-20(32-21(17)19)22(30)29-12-11-28(6)23(31)25(29,4)5/h7-10,13-14H,11-12H2,1-6H3. The zero-order valence-corrected chi connectivity index (χ0v) is 19.3. The van der Waals surface area contributed by atoms with Crippen LogP contribution in [0.5, 0.6) is 0 Å². The third-order valence-electron chi connectivity index (χ3n) is 6.09. The molecular weight excluding hydrogens is 409 g/mol. The number of aromatic nitrogens is 1. The van der Waals surface area contributed by atoms with Gasteiger partial charge in [0.25, 0.3) is 5.91 Å². The van der Waals surface area contributed by atoms with Gasteiger partial charge in [0.15, 0.2) is 11.3 Å². The quantitative estimate of drug-likeness (QED) is 0.587. The van der Waals surface area contributed by atoms with E-state index < -0.39 is 5.54 Å². The van der Waals surface area contributed by atoms with Crippen molar-refractivity contribution < 1.29 is 18.4 Å². The van der Waals surface area contributed by atoms with Gasteiger partial charge >= 0.3 is 0 Å². The average molecular weight is 438 g/mol. The molecule has 0 saturated carbocycles. The Balaban J connectivity index is 1.82. The number of halogens is 1. The number of hydrogen-bond acceptors (Lipinski definition) is 4. The van der Waals surface area contributed by atoms with Gasteiger partial charge in [-0.2, -0.15) is 0 Å². The van der Waals surface area contributed by atoms with E-state index in [1.54, 1.807) is 48.9 Å². The molecule has 1 aliphatic heterocycles. The second-order valence-corrected chi connectivity index (χ2v) is 9.88. The van der Waals surface area contributed by atoms with Gasteiger partial charge < -0.3 is 14.2 Å². The lowest BCUT2D eigenvalue weighted by molar-refractivity contribution is -0.144. The molecule has 1 fully saturated rings. The normalized spacial score (nSPS) is 16.7. The van der Waals surface area contributed by atoms with E-state index in [2.05, 4.69) is 20.8 Å². The first-order valence-electron chi connectivity index (χ1n) is 10.7. The number of hydrogen-bond donors (Lipinski definition) is 0. The molecule has 3 heterocycles. The smallest absolute Gasteiger partial charge is 0.290 e. The lowest BCUT2D eigenvalue weighted by atomic mass is 9.86. The van der Waals surface area contributed by atoms with Crippen molar-refractivity contribution in [2.45, 2.75) is 45.6 Å². The summed E-state index contributed by atoms with van der Waals surface area (Å²) in [5.74, 6) is -0.607. The Hall–Kier alpha value is -3.22. The largest absolute Gasteiger partial charge is 0.449 e. The SMILES string of the molecule is CN1CCN(C(=O)c2cc3nc(-c4ccc(F)cc4)cc(C(C)(C)C)c3o2)C(C)(C)C1=O. The van der Waals surface area contributed by atoms with Crippen molar-refractivity contribution in [1.29, 1.82) is 0 Å². The van der Waals surface area contributed by atoms with Gasteiger partial charge in [-0.05, 0) is 49.6 Å². The highest BCUT2D eigenvalue weighted by Gasteiger charge is 2.44. The molecule has 7 heteroatoms. The first kappa shape index (κ1) is 22.0. The summed E-state index contributed by atoms with van der Waals surface area (Å²) >= 11 is 0. The van der Waals surface area contributed by atoms with Crippen molar-refractivity contribution in [3.05, 3.63) is 53.5 Å². The first-order chi connectivity index (χ1) is 14.9. The zero-order valence-electron chi connectivity index (χ0n) is 19.3. The molecule has 4 rings (SSSR count). The van der Waals surface area contributed by atoms with Crippen molar-refractivity contribution in [3.8, 4) is 11.3 Å². The number of carbonyl (C=O) groups excluding carboxylic acids is 2. The Morgan fingerprint density at radius 3 is 2.41 bits per heavy atom. The van der Waals surface area contributed by atoms with Crippen molar-refractivity contribution in [2.75, 3.05) is 20.1 Å². The molecule has 0 radical (unpaired) electrons. The second kappa shape index (κ2) is 7.43. The Morgan fingerprint density at radius 1 is 1.12 bits per heavy atom. The summed E-state index contributed by atoms with van der Waals surface area (Å²) in [7, 11) is 1.74. The molecular formula is C25H28FN3O3. The van der Waals surface area contributed by atoms with Crippen LogP contribution in [0.2, 0.25) is 0 Å². The summed E-state index contributed by atoms with van der Waals surface area (Å²) in [5.41, 5.74) is 2.20. The predicted molar refractivity (Wildman–Crippen MR) is 121 cm³/mol. The van der Waals surface area contributed by atoms with Gasteiger partial charge in [0, 0.05) is 37.3 Å². The molecule has 0 spiro atoms. The summed E-state index contributed by atoms with van der Waals surface area (Å²) < 4.78 is 19.5. The fourth-order valence-corrected chi connectivity index (χ4v) is 4.15. The van der Waals surface area contributed by atoms with Gasteiger partial charge in [-0.25, -0.2) is 9.37 Å². The van der Waals surface area contributed by atoms with Crippen LogP contribution in [0, 0.1) is 5.82 Å². The highest BCUT2D eigenvalue weighted by atomic mass is 19.1. The fourth-order valence-electron chi connectivity index (χ4n) is 4.15. The van der Waals surface area contributed by atoms with Gasteiger partial charge in [-0.1, -0.05) is 20.8 Å². The third kappa shape index (κ3) is 3.66. The fraction of sp³-hybridized carbons (Fsp3) is 0.400. The van der Waals surface area contributed by atoms with E-state index in [0.29, 0.717) is 29.9 Å². The van der Waals surface area contributed by atoms with Crippen molar-refractivity contribution in [1.82, 2.24) is 14.8 Å². The Labute approximate surface area is 187 Å². The molecule has 2 aromatic heterocycles. The molecule has 3 aromatic rings. The van der Waals surface area contributed by atoms with Gasteiger partial charge in [0.1, 0.15) is 16.9 Å². The minimum atomic E-state index is -0.970. The summed E-state index contributed by atoms with van der Waals surface area (Å²) in [6.45, 7) is 10.6. The maximum Gasteiger partial charge on any atom is 0.290 e. The minimum absolute atomic E-state index is 0.111. The van der Waals surface area contributed by atoms with Crippen LogP contribution in [-0.2, 0) is 10.2 Å². The van der Waals surface area contributed by atoms with Crippen LogP contribution in [0.15, 0.2) is 40.8 Å². The van der Waals surface area contributed by atoms with E-state index in [9.17, 15) is 14.0 Å². The molecule has 0 N–H and O–H groups in total. The van der Waals surface area contributed by atoms with E-state index in [1.807, 2.05) is 6.07 Å². The molecule has 0 unspecified atom stereocenters. The van der Waals surface area contributed by atoms with Crippen molar-refractivity contribution >= 4 is 22.9 Å². The van der Waals surface area contributed by atoms with Gasteiger partial charge in [0.2, 0.25) is 5.91 Å². The number of benzene rings is 1. The molecule has 168 valence electrons. The number of fused-ring (bicyclic) bond motifs is 1. The minimum Gasteiger partial charge on any atom is -0.449 e. The number of nitrogens with zero attached hydrogens (tertiary/aromatic N) is 3. The summed E-state index contributed by atoms with van der Waals surface area (Å²) in [6.07, 6.45) is 0. The first-order valence-corrected chi connectivity index (χ1v) is 10.7. The van der Waals surface area contributed by atoms with Gasteiger partial charge in [0.05, 0.1) is 5.69 Å². The van der Waals surface area contributed by atoms with Crippen LogP contribution < -0.4 is 0 Å². The lowest BCUT2D eigenvalue weighted by Gasteiger charge is -2.44. The number of furan rings is 1. The second-order valence-electron chi connectivity index (χ2n) is 9.88. The van der Waals surface area contributed by atoms with E-state index in [4.69, 9.17) is 9.40 Å². The number of pyridine rings is 1. The Morgan fingerprint density at radius 2 is 1.78 bits per heavy atom. The topological polar surface area (TPSA) is 66.7 Å². The Kier molecular flexibility index (Phi) is 5.11. The van der Waals surface area contributed by atoms with Crippen molar-refractivity contribution in [2.24, 2.45) is 0 Å². The summed E-state index contributed by atoms with van der Waals surface area (Å²) in [4.78, 5) is 33.9. The van der Waals surface area contributed by atoms with Crippen LogP contribution in [0.25, 0.3) is 22.4 Å². The molecule has 1 aromatic carbocycles. The van der Waals surface area contributed by atoms with Crippen LogP contribution in [0.3, 0.4) is 0 Å². The molecule has 0 aliphatic carbocycles. The van der Waals surface area contributed by atoms with E-state index in [-0.39, 0.29) is 28.8 Å². The summed E-state index contributed by atoms with van der Waals surface area (Å²) in [5, 5.41) is 0. The van der Waals surface area contributed by atoms with Gasteiger partial charge in [-0.15, -0.1) is 0 Å². The maximum absolute atomic E-state index is 13.4. The zero-order chi connectivity index (χ0) is 23.4. The van der Waals surface area contributed by atoms with Crippen LogP contribution in [-0.4, -0.2) is 52.3 Å². The molecule has 2 amide bonds. The predicted octanol–water partition coefficient (Wildman–Crippen LogP) is 4.62. The van der Waals surface area contributed by atoms with Crippen LogP contribution in [0.1, 0.15) is 50.7 Å². The number of likely N-dealkylation sites (N-methyl/N-ethyl adjacent to an activating group) is 1. The molecule has 1 saturated heterocycles.